The number of carbonyl (C=O) groups excluding carboxylic acids is 1. The Kier molecular flexibility index (Phi) is 7.63. The van der Waals surface area contributed by atoms with Gasteiger partial charge in [-0.25, -0.2) is 17.5 Å². The number of amides is 1. The van der Waals surface area contributed by atoms with Gasteiger partial charge in [0.2, 0.25) is 15.9 Å². The monoisotopic (exact) mass is 488 g/mol. The topological polar surface area (TPSA) is 84.5 Å². The molecule has 180 valence electrons. The molecule has 1 amide bonds. The number of benzene rings is 2. The third kappa shape index (κ3) is 6.44. The fourth-order valence-corrected chi connectivity index (χ4v) is 5.10. The van der Waals surface area contributed by atoms with Gasteiger partial charge >= 0.3 is 6.18 Å². The highest BCUT2D eigenvalue weighted by Gasteiger charge is 2.36. The van der Waals surface area contributed by atoms with E-state index in [2.05, 4.69) is 14.8 Å². The molecule has 0 saturated heterocycles. The molecule has 1 aliphatic rings. The molecule has 11 heteroatoms. The van der Waals surface area contributed by atoms with Gasteiger partial charge in [0.1, 0.15) is 11.6 Å². The average molecular weight is 489 g/mol. The van der Waals surface area contributed by atoms with Gasteiger partial charge in [-0.3, -0.25) is 4.79 Å². The summed E-state index contributed by atoms with van der Waals surface area (Å²) in [6.45, 7) is 0.255. The summed E-state index contributed by atoms with van der Waals surface area (Å²) in [4.78, 5) is 11.9. The number of hydrogen-bond acceptors (Lipinski definition) is 4. The number of hydrogen-bond donors (Lipinski definition) is 2. The summed E-state index contributed by atoms with van der Waals surface area (Å²) in [5, 5.41) is 2.79. The molecule has 1 saturated carbocycles. The lowest BCUT2D eigenvalue weighted by Gasteiger charge is -2.28. The number of carbonyl (C=O) groups is 1. The molecule has 2 aromatic carbocycles. The molecule has 1 fully saturated rings. The molecule has 0 heterocycles. The Bertz CT molecular complexity index is 1080. The standard InChI is InChI=1S/C22H24F4N2O4S/c1-32-20-11-10-18(12-19(20)22(24,25)26)33(30,31)28-17-8-4-15(5-9-17)21(29)27-13-14-2-6-16(23)7-3-14/h2-3,6-7,10-12,15,17,28H,4-5,8-9,13H2,1H3,(H,27,29)/t15-,17-. The van der Waals surface area contributed by atoms with Crippen LogP contribution in [0.15, 0.2) is 47.4 Å². The maximum Gasteiger partial charge on any atom is 0.420 e. The lowest BCUT2D eigenvalue weighted by molar-refractivity contribution is -0.139. The Balaban J connectivity index is 1.56. The highest BCUT2D eigenvalue weighted by molar-refractivity contribution is 7.89. The number of nitrogens with one attached hydrogen (secondary N) is 2. The molecule has 2 aromatic rings. The van der Waals surface area contributed by atoms with Crippen molar-refractivity contribution in [3.63, 3.8) is 0 Å². The first-order chi connectivity index (χ1) is 15.5. The maximum absolute atomic E-state index is 13.2. The third-order valence-corrected chi connectivity index (χ3v) is 7.10. The number of alkyl halides is 3. The summed E-state index contributed by atoms with van der Waals surface area (Å²) >= 11 is 0. The summed E-state index contributed by atoms with van der Waals surface area (Å²) in [7, 11) is -3.12. The van der Waals surface area contributed by atoms with Crippen LogP contribution in [0.3, 0.4) is 0 Å². The van der Waals surface area contributed by atoms with Gasteiger partial charge in [0.15, 0.2) is 0 Å². The zero-order valence-corrected chi connectivity index (χ0v) is 18.6. The number of methoxy groups -OCH3 is 1. The smallest absolute Gasteiger partial charge is 0.420 e. The average Bonchev–Trinajstić information content (AvgIpc) is 2.77. The van der Waals surface area contributed by atoms with Crippen LogP contribution in [0.5, 0.6) is 5.75 Å². The lowest BCUT2D eigenvalue weighted by atomic mass is 9.86. The van der Waals surface area contributed by atoms with Gasteiger partial charge in [0.05, 0.1) is 17.6 Å². The van der Waals surface area contributed by atoms with E-state index >= 15 is 0 Å². The first-order valence-corrected chi connectivity index (χ1v) is 11.8. The second-order valence-corrected chi connectivity index (χ2v) is 9.59. The quantitative estimate of drug-likeness (QED) is 0.577. The van der Waals surface area contributed by atoms with Gasteiger partial charge in [-0.05, 0) is 61.6 Å². The zero-order chi connectivity index (χ0) is 24.2. The number of rotatable bonds is 7. The summed E-state index contributed by atoms with van der Waals surface area (Å²) in [6, 6.07) is 7.85. The van der Waals surface area contributed by atoms with Crippen molar-refractivity contribution in [2.24, 2.45) is 5.92 Å². The van der Waals surface area contributed by atoms with Crippen molar-refractivity contribution in [2.45, 2.75) is 49.3 Å². The van der Waals surface area contributed by atoms with E-state index in [-0.39, 0.29) is 24.2 Å². The molecule has 0 aliphatic heterocycles. The van der Waals surface area contributed by atoms with Crippen LogP contribution in [0, 0.1) is 11.7 Å². The largest absolute Gasteiger partial charge is 0.496 e. The Hall–Kier alpha value is -2.66. The van der Waals surface area contributed by atoms with Crippen molar-refractivity contribution in [3.8, 4) is 5.75 Å². The van der Waals surface area contributed by atoms with Crippen molar-refractivity contribution in [1.29, 1.82) is 0 Å². The second kappa shape index (κ2) is 10.1. The van der Waals surface area contributed by atoms with E-state index in [0.29, 0.717) is 31.7 Å². The van der Waals surface area contributed by atoms with Gasteiger partial charge in [-0.1, -0.05) is 12.1 Å². The predicted molar refractivity (Wildman–Crippen MR) is 112 cm³/mol. The maximum atomic E-state index is 13.2. The fraction of sp³-hybridized carbons (Fsp3) is 0.409. The SMILES string of the molecule is COc1ccc(S(=O)(=O)N[C@H]2CC[C@H](C(=O)NCc3ccc(F)cc3)CC2)cc1C(F)(F)F. The number of halogens is 4. The van der Waals surface area contributed by atoms with Gasteiger partial charge in [0, 0.05) is 18.5 Å². The van der Waals surface area contributed by atoms with E-state index in [1.807, 2.05) is 0 Å². The number of ether oxygens (including phenoxy) is 1. The van der Waals surface area contributed by atoms with Crippen molar-refractivity contribution in [2.75, 3.05) is 7.11 Å². The Morgan fingerprint density at radius 3 is 2.27 bits per heavy atom. The van der Waals surface area contributed by atoms with Crippen LogP contribution in [-0.2, 0) is 27.5 Å². The molecule has 0 spiro atoms. The first-order valence-electron chi connectivity index (χ1n) is 10.3. The van der Waals surface area contributed by atoms with Crippen molar-refractivity contribution >= 4 is 15.9 Å². The molecule has 33 heavy (non-hydrogen) atoms. The minimum atomic E-state index is -4.77. The Morgan fingerprint density at radius 2 is 1.70 bits per heavy atom. The van der Waals surface area contributed by atoms with Crippen molar-refractivity contribution in [3.05, 3.63) is 59.4 Å². The van der Waals surface area contributed by atoms with Gasteiger partial charge < -0.3 is 10.1 Å². The molecule has 0 aromatic heterocycles. The summed E-state index contributed by atoms with van der Waals surface area (Å²) in [5.74, 6) is -1.31. The Morgan fingerprint density at radius 1 is 1.06 bits per heavy atom. The van der Waals surface area contributed by atoms with E-state index in [0.717, 1.165) is 24.8 Å². The van der Waals surface area contributed by atoms with Crippen LogP contribution < -0.4 is 14.8 Å². The summed E-state index contributed by atoms with van der Waals surface area (Å²) < 4.78 is 85.1. The lowest BCUT2D eigenvalue weighted by Crippen LogP contribution is -2.40. The summed E-state index contributed by atoms with van der Waals surface area (Å²) in [6.07, 6.45) is -3.17. The molecule has 0 radical (unpaired) electrons. The van der Waals surface area contributed by atoms with E-state index in [9.17, 15) is 30.8 Å². The molecular formula is C22H24F4N2O4S. The minimum Gasteiger partial charge on any atom is -0.496 e. The molecule has 6 nitrogen and oxygen atoms in total. The minimum absolute atomic E-state index is 0.175. The molecule has 3 rings (SSSR count). The van der Waals surface area contributed by atoms with Crippen LogP contribution in [-0.4, -0.2) is 27.5 Å². The van der Waals surface area contributed by atoms with Crippen LogP contribution in [0.1, 0.15) is 36.8 Å². The third-order valence-electron chi connectivity index (χ3n) is 5.59. The molecule has 2 N–H and O–H groups in total. The van der Waals surface area contributed by atoms with E-state index in [4.69, 9.17) is 0 Å². The normalized spacial score (nSPS) is 19.2. The highest BCUT2D eigenvalue weighted by Crippen LogP contribution is 2.37. The van der Waals surface area contributed by atoms with Gasteiger partial charge in [0.25, 0.3) is 0 Å². The van der Waals surface area contributed by atoms with Crippen LogP contribution >= 0.6 is 0 Å². The first kappa shape index (κ1) is 25.0. The van der Waals surface area contributed by atoms with E-state index < -0.39 is 38.4 Å². The molecular weight excluding hydrogens is 464 g/mol. The predicted octanol–water partition coefficient (Wildman–Crippen LogP) is 4.01. The van der Waals surface area contributed by atoms with Crippen molar-refractivity contribution in [1.82, 2.24) is 10.0 Å². The van der Waals surface area contributed by atoms with Crippen LogP contribution in [0.2, 0.25) is 0 Å². The van der Waals surface area contributed by atoms with Crippen LogP contribution in [0.4, 0.5) is 17.6 Å². The second-order valence-electron chi connectivity index (χ2n) is 7.87. The zero-order valence-electron chi connectivity index (χ0n) is 17.8. The fourth-order valence-electron chi connectivity index (χ4n) is 3.77. The molecule has 0 atom stereocenters. The van der Waals surface area contributed by atoms with Crippen LogP contribution in [0.25, 0.3) is 0 Å². The molecule has 1 aliphatic carbocycles. The van der Waals surface area contributed by atoms with E-state index in [1.165, 1.54) is 12.1 Å². The molecule has 0 unspecified atom stereocenters. The van der Waals surface area contributed by atoms with Gasteiger partial charge in [-0.15, -0.1) is 0 Å². The highest BCUT2D eigenvalue weighted by atomic mass is 32.2. The van der Waals surface area contributed by atoms with E-state index in [1.54, 1.807) is 12.1 Å². The summed E-state index contributed by atoms with van der Waals surface area (Å²) in [5.41, 5.74) is -0.418. The van der Waals surface area contributed by atoms with Gasteiger partial charge in [-0.2, -0.15) is 13.2 Å². The Labute approximate surface area is 189 Å². The molecule has 0 bridgehead atoms. The van der Waals surface area contributed by atoms with Crippen molar-refractivity contribution < 1.29 is 35.5 Å². The number of sulfonamides is 1.